The topological polar surface area (TPSA) is 3.24 Å². The number of hydrogen-bond donors (Lipinski definition) is 0. The van der Waals surface area contributed by atoms with E-state index in [1.54, 1.807) is 30.1 Å². The Morgan fingerprint density at radius 1 is 1.18 bits per heavy atom. The third-order valence-electron chi connectivity index (χ3n) is 2.99. The fourth-order valence-electron chi connectivity index (χ4n) is 1.39. The lowest BCUT2D eigenvalue weighted by Gasteiger charge is -2.36. The summed E-state index contributed by atoms with van der Waals surface area (Å²) in [6, 6.07) is 7.95. The van der Waals surface area contributed by atoms with Crippen molar-refractivity contribution in [3.63, 3.8) is 0 Å². The summed E-state index contributed by atoms with van der Waals surface area (Å²) in [4.78, 5) is 1.68. The molecule has 0 saturated carbocycles. The molecule has 1 aromatic carbocycles. The minimum Gasteiger partial charge on any atom is -0.294 e. The van der Waals surface area contributed by atoms with Crippen LogP contribution in [0.3, 0.4) is 0 Å². The lowest BCUT2D eigenvalue weighted by atomic mass is 10.0. The third kappa shape index (κ3) is 3.75. The van der Waals surface area contributed by atoms with E-state index in [-0.39, 0.29) is 17.6 Å². The van der Waals surface area contributed by atoms with E-state index in [1.807, 2.05) is 13.8 Å². The van der Waals surface area contributed by atoms with Crippen molar-refractivity contribution in [2.24, 2.45) is 0 Å². The first-order valence-electron chi connectivity index (χ1n) is 5.50. The molecule has 0 amide bonds. The Labute approximate surface area is 110 Å². The van der Waals surface area contributed by atoms with E-state index in [4.69, 9.17) is 0 Å². The molecule has 1 nitrogen and oxygen atoms in total. The monoisotopic (exact) mass is 305 g/mol. The molecule has 17 heavy (non-hydrogen) atoms. The Hall–Kier alpha value is -0.480. The molecule has 0 aromatic heterocycles. The van der Waals surface area contributed by atoms with Crippen molar-refractivity contribution in [2.45, 2.75) is 25.3 Å². The molecule has 96 valence electrons. The maximum absolute atomic E-state index is 14.0. The Balaban J connectivity index is 2.80. The lowest BCUT2D eigenvalue weighted by Crippen LogP contribution is -2.47. The van der Waals surface area contributed by atoms with Gasteiger partial charge in [0.1, 0.15) is 0 Å². The number of benzene rings is 1. The summed E-state index contributed by atoms with van der Waals surface area (Å²) in [6.45, 7) is 3.58. The number of halogens is 3. The van der Waals surface area contributed by atoms with Crippen molar-refractivity contribution in [3.05, 3.63) is 35.9 Å². The highest BCUT2D eigenvalue weighted by atomic mass is 79.9. The van der Waals surface area contributed by atoms with Crippen LogP contribution in [0.2, 0.25) is 0 Å². The van der Waals surface area contributed by atoms with Crippen molar-refractivity contribution in [1.29, 1.82) is 0 Å². The SMILES string of the molecule is CN(CC(F)(F)c1ccccc1)C(C)(C)CBr. The van der Waals surface area contributed by atoms with Gasteiger partial charge < -0.3 is 0 Å². The van der Waals surface area contributed by atoms with Crippen molar-refractivity contribution in [1.82, 2.24) is 4.90 Å². The lowest BCUT2D eigenvalue weighted by molar-refractivity contribution is -0.0497. The first kappa shape index (κ1) is 14.6. The van der Waals surface area contributed by atoms with Gasteiger partial charge in [-0.15, -0.1) is 0 Å². The second-order valence-corrected chi connectivity index (χ2v) is 5.43. The fraction of sp³-hybridized carbons (Fsp3) is 0.538. The van der Waals surface area contributed by atoms with Crippen molar-refractivity contribution >= 4 is 15.9 Å². The maximum atomic E-state index is 14.0. The van der Waals surface area contributed by atoms with E-state index in [9.17, 15) is 8.78 Å². The van der Waals surface area contributed by atoms with Gasteiger partial charge in [-0.3, -0.25) is 4.90 Å². The fourth-order valence-corrected chi connectivity index (χ4v) is 1.82. The van der Waals surface area contributed by atoms with E-state index in [0.29, 0.717) is 5.33 Å². The summed E-state index contributed by atoms with van der Waals surface area (Å²) in [7, 11) is 1.72. The summed E-state index contributed by atoms with van der Waals surface area (Å²) in [5, 5.41) is 0.654. The Morgan fingerprint density at radius 3 is 2.18 bits per heavy atom. The van der Waals surface area contributed by atoms with Crippen LogP contribution < -0.4 is 0 Å². The van der Waals surface area contributed by atoms with Crippen LogP contribution in [0.1, 0.15) is 19.4 Å². The van der Waals surface area contributed by atoms with E-state index < -0.39 is 5.92 Å². The van der Waals surface area contributed by atoms with Gasteiger partial charge in [-0.25, -0.2) is 0 Å². The minimum absolute atomic E-state index is 0.0669. The van der Waals surface area contributed by atoms with Crippen LogP contribution in [0, 0.1) is 0 Å². The number of nitrogens with zero attached hydrogens (tertiary/aromatic N) is 1. The molecule has 1 aromatic rings. The highest BCUT2D eigenvalue weighted by Crippen LogP contribution is 2.30. The summed E-state index contributed by atoms with van der Waals surface area (Å²) in [5.74, 6) is -2.82. The van der Waals surface area contributed by atoms with Crippen LogP contribution >= 0.6 is 15.9 Å². The van der Waals surface area contributed by atoms with Gasteiger partial charge in [0.15, 0.2) is 0 Å². The summed E-state index contributed by atoms with van der Waals surface area (Å²) >= 11 is 3.35. The van der Waals surface area contributed by atoms with Gasteiger partial charge >= 0.3 is 0 Å². The second-order valence-electron chi connectivity index (χ2n) is 4.87. The van der Waals surface area contributed by atoms with Crippen molar-refractivity contribution in [3.8, 4) is 0 Å². The predicted molar refractivity (Wildman–Crippen MR) is 70.8 cm³/mol. The Morgan fingerprint density at radius 2 is 1.71 bits per heavy atom. The number of alkyl halides is 3. The molecule has 0 aliphatic heterocycles. The van der Waals surface area contributed by atoms with Gasteiger partial charge in [0, 0.05) is 16.4 Å². The van der Waals surface area contributed by atoms with Gasteiger partial charge in [0.25, 0.3) is 5.92 Å². The largest absolute Gasteiger partial charge is 0.294 e. The molecule has 0 aliphatic carbocycles. The summed E-state index contributed by atoms with van der Waals surface area (Å²) in [5.41, 5.74) is -0.227. The predicted octanol–water partition coefficient (Wildman–Crippen LogP) is 3.88. The van der Waals surface area contributed by atoms with E-state index >= 15 is 0 Å². The zero-order valence-electron chi connectivity index (χ0n) is 10.4. The molecule has 4 heteroatoms. The average Bonchev–Trinajstić information content (AvgIpc) is 2.29. The van der Waals surface area contributed by atoms with Crippen LogP contribution in [0.5, 0.6) is 0 Å². The van der Waals surface area contributed by atoms with Gasteiger partial charge in [-0.05, 0) is 20.9 Å². The van der Waals surface area contributed by atoms with Crippen molar-refractivity contribution < 1.29 is 8.78 Å². The Kier molecular flexibility index (Phi) is 4.67. The van der Waals surface area contributed by atoms with Crippen molar-refractivity contribution in [2.75, 3.05) is 18.9 Å². The third-order valence-corrected chi connectivity index (χ3v) is 4.36. The highest BCUT2D eigenvalue weighted by molar-refractivity contribution is 9.09. The van der Waals surface area contributed by atoms with Crippen LogP contribution in [-0.2, 0) is 5.92 Å². The minimum atomic E-state index is -2.82. The van der Waals surface area contributed by atoms with Crippen LogP contribution in [-0.4, -0.2) is 29.4 Å². The first-order chi connectivity index (χ1) is 7.79. The van der Waals surface area contributed by atoms with E-state index in [1.165, 1.54) is 12.1 Å². The highest BCUT2D eigenvalue weighted by Gasteiger charge is 2.36. The van der Waals surface area contributed by atoms with Gasteiger partial charge in [0.05, 0.1) is 6.54 Å². The zero-order chi connectivity index (χ0) is 13.1. The average molecular weight is 306 g/mol. The molecule has 0 bridgehead atoms. The molecule has 0 heterocycles. The summed E-state index contributed by atoms with van der Waals surface area (Å²) < 4.78 is 28.0. The Bertz CT molecular complexity index is 352. The van der Waals surface area contributed by atoms with Gasteiger partial charge in [-0.1, -0.05) is 46.3 Å². The molecule has 0 aliphatic rings. The molecule has 0 N–H and O–H groups in total. The molecule has 0 spiro atoms. The number of likely N-dealkylation sites (N-methyl/N-ethyl adjacent to an activating group) is 1. The number of rotatable bonds is 5. The number of hydrogen-bond acceptors (Lipinski definition) is 1. The molecule has 0 fully saturated rings. The molecule has 0 saturated heterocycles. The van der Waals surface area contributed by atoms with Gasteiger partial charge in [-0.2, -0.15) is 8.78 Å². The zero-order valence-corrected chi connectivity index (χ0v) is 12.0. The second kappa shape index (κ2) is 5.44. The van der Waals surface area contributed by atoms with Crippen LogP contribution in [0.15, 0.2) is 30.3 Å². The standard InChI is InChI=1S/C13H18BrF2N/c1-12(2,9-14)17(3)10-13(15,16)11-7-5-4-6-8-11/h4-8H,9-10H2,1-3H3. The molecule has 0 unspecified atom stereocenters. The molecule has 1 rings (SSSR count). The molecular weight excluding hydrogens is 288 g/mol. The molecule has 0 radical (unpaired) electrons. The normalized spacial score (nSPS) is 13.1. The molecular formula is C13H18BrF2N. The van der Waals surface area contributed by atoms with E-state index in [0.717, 1.165) is 0 Å². The van der Waals surface area contributed by atoms with E-state index in [2.05, 4.69) is 15.9 Å². The molecule has 0 atom stereocenters. The summed E-state index contributed by atoms with van der Waals surface area (Å²) in [6.07, 6.45) is 0. The van der Waals surface area contributed by atoms with Gasteiger partial charge in [0.2, 0.25) is 0 Å². The first-order valence-corrected chi connectivity index (χ1v) is 6.62. The van der Waals surface area contributed by atoms with Crippen LogP contribution in [0.4, 0.5) is 8.78 Å². The van der Waals surface area contributed by atoms with Crippen LogP contribution in [0.25, 0.3) is 0 Å². The maximum Gasteiger partial charge on any atom is 0.285 e. The quantitative estimate of drug-likeness (QED) is 0.746. The smallest absolute Gasteiger partial charge is 0.285 e.